The number of nitrogens with one attached hydrogen (secondary N) is 8. The molecule has 8 rings (SSSR count). The van der Waals surface area contributed by atoms with Gasteiger partial charge < -0.3 is 51.4 Å². The molecule has 1 aliphatic carbocycles. The number of fused-ring (bicyclic) bond motifs is 3. The van der Waals surface area contributed by atoms with Crippen LogP contribution < -0.4 is 26.6 Å². The normalized spacial score (nSPS) is 16.4. The highest BCUT2D eigenvalue weighted by Crippen LogP contribution is 2.27. The molecule has 362 valence electrons. The van der Waals surface area contributed by atoms with E-state index < -0.39 is 71.8 Å². The van der Waals surface area contributed by atoms with Crippen LogP contribution in [0.1, 0.15) is 61.3 Å². The molecule has 0 aliphatic heterocycles. The van der Waals surface area contributed by atoms with Gasteiger partial charge in [-0.25, -0.2) is 4.79 Å². The molecule has 0 saturated heterocycles. The van der Waals surface area contributed by atoms with E-state index in [0.29, 0.717) is 19.3 Å². The summed E-state index contributed by atoms with van der Waals surface area (Å²) in [6.07, 6.45) is 6.07. The average molecular weight is 949 g/mol. The number of aromatic nitrogens is 3. The van der Waals surface area contributed by atoms with E-state index in [4.69, 9.17) is 4.74 Å². The minimum Gasteiger partial charge on any atom is -0.480 e. The Morgan fingerprint density at radius 1 is 0.614 bits per heavy atom. The molecule has 0 unspecified atom stereocenters. The van der Waals surface area contributed by atoms with Crippen LogP contribution in [0.3, 0.4) is 0 Å². The summed E-state index contributed by atoms with van der Waals surface area (Å²) >= 11 is 0. The number of carboxylic acid groups (broad SMARTS) is 1. The van der Waals surface area contributed by atoms with Crippen LogP contribution in [-0.2, 0) is 59.4 Å². The maximum atomic E-state index is 14.5. The number of Topliss-reactive ketones (excluding diaryl/α,β-unsaturated/α-hetero) is 1. The van der Waals surface area contributed by atoms with Gasteiger partial charge in [-0.1, -0.05) is 91.3 Å². The molecule has 9 N–H and O–H groups in total. The van der Waals surface area contributed by atoms with Crippen LogP contribution in [-0.4, -0.2) is 91.7 Å². The maximum Gasteiger partial charge on any atom is 0.408 e. The average Bonchev–Trinajstić information content (AvgIpc) is 4.10. The number of hydrogen-bond acceptors (Lipinski definition) is 8. The molecule has 7 aromatic rings. The maximum absolute atomic E-state index is 14.5. The Morgan fingerprint density at radius 3 is 1.64 bits per heavy atom. The zero-order valence-electron chi connectivity index (χ0n) is 38.6. The molecule has 0 spiro atoms. The highest BCUT2D eigenvalue weighted by atomic mass is 16.5. The van der Waals surface area contributed by atoms with E-state index in [1.807, 2.05) is 103 Å². The third-order valence-corrected chi connectivity index (χ3v) is 13.0. The SMILES string of the molecule is C[C@H](NC(=O)[C@H](Cc1c[nH]c2ccccc12)NC(=O)CC[C@H]1CCC[C@@H](NC(=O)[C@H](Cc2c[nH]c3ccccc23)NC(=O)[C@H](Cc2c[nH]c3ccccc23)NC(=O)OCc2ccccc2)C1=O)C(=O)O. The van der Waals surface area contributed by atoms with Crippen LogP contribution in [0.2, 0.25) is 0 Å². The number of H-pyrrole nitrogens is 3. The number of carbonyl (C=O) groups excluding carboxylic acids is 6. The Bertz CT molecular complexity index is 3010. The van der Waals surface area contributed by atoms with Gasteiger partial charge in [0.05, 0.1) is 6.04 Å². The lowest BCUT2D eigenvalue weighted by atomic mass is 9.81. The molecule has 0 radical (unpaired) electrons. The monoisotopic (exact) mass is 948 g/mol. The summed E-state index contributed by atoms with van der Waals surface area (Å²) in [5.74, 6) is -4.48. The van der Waals surface area contributed by atoms with Gasteiger partial charge in [-0.15, -0.1) is 0 Å². The second-order valence-electron chi connectivity index (χ2n) is 17.8. The van der Waals surface area contributed by atoms with Gasteiger partial charge in [0, 0.05) is 82.9 Å². The summed E-state index contributed by atoms with van der Waals surface area (Å²) in [7, 11) is 0. The first-order valence-electron chi connectivity index (χ1n) is 23.5. The minimum atomic E-state index is -1.23. The predicted molar refractivity (Wildman–Crippen MR) is 262 cm³/mol. The van der Waals surface area contributed by atoms with Gasteiger partial charge in [-0.3, -0.25) is 28.8 Å². The van der Waals surface area contributed by atoms with Gasteiger partial charge in [0.25, 0.3) is 0 Å². The number of ether oxygens (including phenoxy) is 1. The van der Waals surface area contributed by atoms with Crippen molar-refractivity contribution in [2.75, 3.05) is 0 Å². The van der Waals surface area contributed by atoms with Crippen molar-refractivity contribution in [1.29, 1.82) is 0 Å². The fourth-order valence-corrected chi connectivity index (χ4v) is 9.16. The highest BCUT2D eigenvalue weighted by Gasteiger charge is 2.36. The van der Waals surface area contributed by atoms with Crippen molar-refractivity contribution in [2.24, 2.45) is 5.92 Å². The molecule has 17 heteroatoms. The van der Waals surface area contributed by atoms with E-state index in [9.17, 15) is 38.7 Å². The molecule has 0 bridgehead atoms. The van der Waals surface area contributed by atoms with Crippen LogP contribution in [0.5, 0.6) is 0 Å². The van der Waals surface area contributed by atoms with Crippen molar-refractivity contribution >= 4 is 74.2 Å². The number of amides is 5. The van der Waals surface area contributed by atoms with Gasteiger partial charge in [-0.05, 0) is 66.6 Å². The van der Waals surface area contributed by atoms with Crippen LogP contribution in [0.25, 0.3) is 32.7 Å². The van der Waals surface area contributed by atoms with Crippen molar-refractivity contribution in [3.05, 3.63) is 144 Å². The Morgan fingerprint density at radius 2 is 1.10 bits per heavy atom. The molecule has 3 aromatic heterocycles. The summed E-state index contributed by atoms with van der Waals surface area (Å²) in [5.41, 5.74) is 5.52. The Kier molecular flexibility index (Phi) is 15.3. The van der Waals surface area contributed by atoms with Crippen molar-refractivity contribution in [3.8, 4) is 0 Å². The van der Waals surface area contributed by atoms with Gasteiger partial charge in [0.1, 0.15) is 30.8 Å². The van der Waals surface area contributed by atoms with E-state index in [1.54, 1.807) is 18.6 Å². The molecule has 1 saturated carbocycles. The molecule has 3 heterocycles. The van der Waals surface area contributed by atoms with E-state index >= 15 is 0 Å². The molecule has 6 atom stereocenters. The summed E-state index contributed by atoms with van der Waals surface area (Å²) in [5, 5.41) is 25.8. The van der Waals surface area contributed by atoms with Crippen molar-refractivity contribution in [3.63, 3.8) is 0 Å². The van der Waals surface area contributed by atoms with Crippen LogP contribution in [0, 0.1) is 5.92 Å². The number of ketones is 1. The smallest absolute Gasteiger partial charge is 0.408 e. The summed E-state index contributed by atoms with van der Waals surface area (Å²) < 4.78 is 5.52. The number of rotatable bonds is 20. The number of alkyl carbamates (subject to hydrolysis) is 1. The van der Waals surface area contributed by atoms with E-state index in [2.05, 4.69) is 41.5 Å². The van der Waals surface area contributed by atoms with Crippen molar-refractivity contribution < 1.29 is 43.4 Å². The molecule has 5 amide bonds. The van der Waals surface area contributed by atoms with Crippen LogP contribution in [0.15, 0.2) is 122 Å². The Balaban J connectivity index is 0.956. The van der Waals surface area contributed by atoms with Gasteiger partial charge in [0.2, 0.25) is 23.6 Å². The first-order valence-corrected chi connectivity index (χ1v) is 23.5. The lowest BCUT2D eigenvalue weighted by Crippen LogP contribution is -2.57. The lowest BCUT2D eigenvalue weighted by Gasteiger charge is -2.30. The predicted octanol–water partition coefficient (Wildman–Crippen LogP) is 5.65. The number of para-hydroxylation sites is 3. The molecule has 17 nitrogen and oxygen atoms in total. The zero-order chi connectivity index (χ0) is 49.1. The molecule has 4 aromatic carbocycles. The van der Waals surface area contributed by atoms with Gasteiger partial charge in [0.15, 0.2) is 5.78 Å². The van der Waals surface area contributed by atoms with Crippen LogP contribution in [0.4, 0.5) is 4.79 Å². The van der Waals surface area contributed by atoms with E-state index in [-0.39, 0.29) is 44.5 Å². The largest absolute Gasteiger partial charge is 0.480 e. The van der Waals surface area contributed by atoms with Gasteiger partial charge in [-0.2, -0.15) is 0 Å². The molecular weight excluding hydrogens is 893 g/mol. The molecule has 70 heavy (non-hydrogen) atoms. The Labute approximate surface area is 402 Å². The third-order valence-electron chi connectivity index (χ3n) is 13.0. The molecule has 1 fully saturated rings. The third kappa shape index (κ3) is 11.9. The van der Waals surface area contributed by atoms with Gasteiger partial charge >= 0.3 is 12.1 Å². The number of aliphatic carboxylic acids is 1. The lowest BCUT2D eigenvalue weighted by molar-refractivity contribution is -0.141. The topological polar surface area (TPSA) is 256 Å². The highest BCUT2D eigenvalue weighted by molar-refractivity contribution is 5.97. The number of benzene rings is 4. The number of carbonyl (C=O) groups is 7. The number of aromatic amines is 3. The van der Waals surface area contributed by atoms with Crippen molar-refractivity contribution in [2.45, 2.75) is 95.1 Å². The first-order chi connectivity index (χ1) is 33.9. The summed E-state index contributed by atoms with van der Waals surface area (Å²) in [4.78, 5) is 104. The quantitative estimate of drug-likeness (QED) is 0.0457. The second-order valence-corrected chi connectivity index (χ2v) is 17.8. The number of carboxylic acids is 1. The fourth-order valence-electron chi connectivity index (χ4n) is 9.16. The second kappa shape index (κ2) is 22.3. The fraction of sp³-hybridized carbons (Fsp3) is 0.302. The zero-order valence-corrected chi connectivity index (χ0v) is 38.6. The first kappa shape index (κ1) is 48.3. The van der Waals surface area contributed by atoms with Crippen LogP contribution >= 0.6 is 0 Å². The van der Waals surface area contributed by atoms with E-state index in [0.717, 1.165) is 55.0 Å². The number of hydrogen-bond donors (Lipinski definition) is 9. The molecular formula is C53H56N8O9. The summed E-state index contributed by atoms with van der Waals surface area (Å²) in [6, 6.07) is 26.1. The van der Waals surface area contributed by atoms with Crippen molar-refractivity contribution in [1.82, 2.24) is 41.5 Å². The summed E-state index contributed by atoms with van der Waals surface area (Å²) in [6.45, 7) is 1.30. The van der Waals surface area contributed by atoms with E-state index in [1.165, 1.54) is 6.92 Å². The molecule has 1 aliphatic rings. The minimum absolute atomic E-state index is 0.0296. The standard InChI is InChI=1S/C53H56N8O9/c1-31(52(67)68)57-49(64)44(24-34-27-54-40-18-8-5-15-37(34)40)58-47(62)23-22-33-14-11-21-43(48(33)63)59-50(65)45(25-35-28-55-41-19-9-6-16-38(35)41)60-51(66)46(26-36-29-56-42-20-10-7-17-39(36)42)61-53(69)70-30-32-12-3-2-4-13-32/h2-10,12-13,15-20,27-29,31,33,43-46,54-56H,11,14,21-26,30H2,1H3,(H,57,64)(H,58,62)(H,59,65)(H,60,66)(H,61,69)(H,67,68)/t31-,33+,43+,44-,45-,46-/m0/s1. The Hall–Kier alpha value is -8.21.